The lowest BCUT2D eigenvalue weighted by atomic mass is 10.00. The number of hydrogen-bond acceptors (Lipinski definition) is 2. The minimum Gasteiger partial charge on any atom is -0.465 e. The molecular formula is C12H24O2. The number of carbonyl (C=O) groups is 1. The van der Waals surface area contributed by atoms with Crippen molar-refractivity contribution in [1.82, 2.24) is 0 Å². The van der Waals surface area contributed by atoms with Crippen LogP contribution >= 0.6 is 0 Å². The predicted molar refractivity (Wildman–Crippen MR) is 59.2 cm³/mol. The molecule has 84 valence electrons. The molecule has 0 rings (SSSR count). The van der Waals surface area contributed by atoms with Gasteiger partial charge in [0.25, 0.3) is 0 Å². The molecule has 2 heteroatoms. The highest BCUT2D eigenvalue weighted by molar-refractivity contribution is 5.72. The van der Waals surface area contributed by atoms with Crippen LogP contribution in [-0.4, -0.2) is 12.6 Å². The molecule has 2 nitrogen and oxygen atoms in total. The molecule has 0 aromatic rings. The van der Waals surface area contributed by atoms with Crippen molar-refractivity contribution >= 4 is 5.97 Å². The van der Waals surface area contributed by atoms with Crippen LogP contribution in [0.3, 0.4) is 0 Å². The zero-order valence-corrected chi connectivity index (χ0v) is 9.84. The summed E-state index contributed by atoms with van der Waals surface area (Å²) in [4.78, 5) is 11.5. The summed E-state index contributed by atoms with van der Waals surface area (Å²) in [6, 6.07) is 0. The van der Waals surface area contributed by atoms with Crippen molar-refractivity contribution in [2.24, 2.45) is 5.92 Å². The molecule has 0 aromatic carbocycles. The van der Waals surface area contributed by atoms with Gasteiger partial charge in [-0.2, -0.15) is 0 Å². The summed E-state index contributed by atoms with van der Waals surface area (Å²) in [5.74, 6) is 0.140. The summed E-state index contributed by atoms with van der Waals surface area (Å²) >= 11 is 0. The van der Waals surface area contributed by atoms with Gasteiger partial charge < -0.3 is 4.74 Å². The molecule has 0 saturated carbocycles. The van der Waals surface area contributed by atoms with Gasteiger partial charge in [-0.1, -0.05) is 40.0 Å². The molecule has 0 amide bonds. The number of ether oxygens (including phenoxy) is 1. The van der Waals surface area contributed by atoms with Gasteiger partial charge in [-0.05, 0) is 19.3 Å². The number of esters is 1. The fourth-order valence-electron chi connectivity index (χ4n) is 1.37. The normalized spacial score (nSPS) is 12.5. The average Bonchev–Trinajstić information content (AvgIpc) is 2.19. The molecule has 0 fully saturated rings. The van der Waals surface area contributed by atoms with Crippen molar-refractivity contribution in [3.8, 4) is 0 Å². The van der Waals surface area contributed by atoms with Crippen LogP contribution in [0.25, 0.3) is 0 Å². The van der Waals surface area contributed by atoms with Gasteiger partial charge >= 0.3 is 5.97 Å². The van der Waals surface area contributed by atoms with Gasteiger partial charge in [0.1, 0.15) is 0 Å². The standard InChI is InChI=1S/C12H24O2/c1-4-7-9-11(6-3)12(13)14-10-8-5-2/h11H,4-10H2,1-3H3/t11-/m1/s1. The van der Waals surface area contributed by atoms with Gasteiger partial charge in [-0.25, -0.2) is 0 Å². The molecule has 0 heterocycles. The van der Waals surface area contributed by atoms with Crippen LogP contribution in [0.2, 0.25) is 0 Å². The first-order valence-electron chi connectivity index (χ1n) is 5.92. The molecule has 0 aliphatic heterocycles. The third-order valence-corrected chi connectivity index (χ3v) is 2.47. The molecule has 0 spiro atoms. The Hall–Kier alpha value is -0.530. The molecule has 14 heavy (non-hydrogen) atoms. The first kappa shape index (κ1) is 13.5. The van der Waals surface area contributed by atoms with Crippen molar-refractivity contribution < 1.29 is 9.53 Å². The molecular weight excluding hydrogens is 176 g/mol. The second kappa shape index (κ2) is 9.04. The van der Waals surface area contributed by atoms with Crippen molar-refractivity contribution in [3.05, 3.63) is 0 Å². The molecule has 0 bridgehead atoms. The van der Waals surface area contributed by atoms with Crippen molar-refractivity contribution in [1.29, 1.82) is 0 Å². The van der Waals surface area contributed by atoms with Crippen LogP contribution in [0.4, 0.5) is 0 Å². The highest BCUT2D eigenvalue weighted by Crippen LogP contribution is 2.14. The summed E-state index contributed by atoms with van der Waals surface area (Å²) in [6.07, 6.45) is 6.23. The van der Waals surface area contributed by atoms with E-state index in [4.69, 9.17) is 4.74 Å². The molecule has 1 atom stereocenters. The van der Waals surface area contributed by atoms with Crippen LogP contribution < -0.4 is 0 Å². The van der Waals surface area contributed by atoms with E-state index in [1.54, 1.807) is 0 Å². The average molecular weight is 200 g/mol. The van der Waals surface area contributed by atoms with Gasteiger partial charge in [-0.3, -0.25) is 4.79 Å². The van der Waals surface area contributed by atoms with Gasteiger partial charge in [0.2, 0.25) is 0 Å². The number of carbonyl (C=O) groups excluding carboxylic acids is 1. The summed E-state index contributed by atoms with van der Waals surface area (Å²) in [6.45, 7) is 6.90. The molecule has 0 aromatic heterocycles. The quantitative estimate of drug-likeness (QED) is 0.442. The molecule has 0 radical (unpaired) electrons. The van der Waals surface area contributed by atoms with E-state index in [1.807, 2.05) is 0 Å². The van der Waals surface area contributed by atoms with E-state index in [2.05, 4.69) is 20.8 Å². The van der Waals surface area contributed by atoms with E-state index < -0.39 is 0 Å². The topological polar surface area (TPSA) is 26.3 Å². The fourth-order valence-corrected chi connectivity index (χ4v) is 1.37. The van der Waals surface area contributed by atoms with Crippen LogP contribution in [0.15, 0.2) is 0 Å². The van der Waals surface area contributed by atoms with Crippen LogP contribution in [-0.2, 0) is 9.53 Å². The Labute approximate surface area is 88.0 Å². The first-order valence-corrected chi connectivity index (χ1v) is 5.92. The minimum atomic E-state index is 0.00870. The maximum atomic E-state index is 11.5. The Kier molecular flexibility index (Phi) is 8.70. The zero-order valence-electron chi connectivity index (χ0n) is 9.84. The second-order valence-electron chi connectivity index (χ2n) is 3.77. The lowest BCUT2D eigenvalue weighted by molar-refractivity contribution is -0.149. The summed E-state index contributed by atoms with van der Waals surface area (Å²) in [5, 5.41) is 0. The van der Waals surface area contributed by atoms with Crippen LogP contribution in [0.5, 0.6) is 0 Å². The van der Waals surface area contributed by atoms with E-state index in [0.717, 1.165) is 38.5 Å². The number of unbranched alkanes of at least 4 members (excludes halogenated alkanes) is 2. The largest absolute Gasteiger partial charge is 0.465 e. The fraction of sp³-hybridized carbons (Fsp3) is 0.917. The Morgan fingerprint density at radius 3 is 2.29 bits per heavy atom. The monoisotopic (exact) mass is 200 g/mol. The maximum absolute atomic E-state index is 11.5. The van der Waals surface area contributed by atoms with Crippen LogP contribution in [0.1, 0.15) is 59.3 Å². The molecule has 0 saturated heterocycles. The summed E-state index contributed by atoms with van der Waals surface area (Å²) < 4.78 is 5.19. The van der Waals surface area contributed by atoms with Gasteiger partial charge in [0, 0.05) is 0 Å². The van der Waals surface area contributed by atoms with Gasteiger partial charge in [0.05, 0.1) is 12.5 Å². The lowest BCUT2D eigenvalue weighted by Crippen LogP contribution is -2.17. The Morgan fingerprint density at radius 1 is 1.14 bits per heavy atom. The van der Waals surface area contributed by atoms with Crippen molar-refractivity contribution in [2.75, 3.05) is 6.61 Å². The number of hydrogen-bond donors (Lipinski definition) is 0. The second-order valence-corrected chi connectivity index (χ2v) is 3.77. The third kappa shape index (κ3) is 6.01. The van der Waals surface area contributed by atoms with E-state index in [0.29, 0.717) is 6.61 Å². The highest BCUT2D eigenvalue weighted by Gasteiger charge is 2.16. The minimum absolute atomic E-state index is 0.00870. The predicted octanol–water partition coefficient (Wildman–Crippen LogP) is 3.55. The SMILES string of the molecule is CCCCOC(=O)[C@H](CC)CCCC. The maximum Gasteiger partial charge on any atom is 0.308 e. The van der Waals surface area contributed by atoms with Crippen LogP contribution in [0, 0.1) is 5.92 Å². The molecule has 0 unspecified atom stereocenters. The van der Waals surface area contributed by atoms with Crippen molar-refractivity contribution in [3.63, 3.8) is 0 Å². The van der Waals surface area contributed by atoms with Crippen molar-refractivity contribution in [2.45, 2.75) is 59.3 Å². The molecule has 0 aliphatic carbocycles. The van der Waals surface area contributed by atoms with E-state index in [1.165, 1.54) is 0 Å². The van der Waals surface area contributed by atoms with E-state index in [-0.39, 0.29) is 11.9 Å². The Bertz CT molecular complexity index is 143. The van der Waals surface area contributed by atoms with E-state index in [9.17, 15) is 4.79 Å². The Balaban J connectivity index is 3.67. The number of rotatable bonds is 8. The smallest absolute Gasteiger partial charge is 0.308 e. The first-order chi connectivity index (χ1) is 6.76. The molecule has 0 aliphatic rings. The third-order valence-electron chi connectivity index (χ3n) is 2.47. The van der Waals surface area contributed by atoms with Gasteiger partial charge in [-0.15, -0.1) is 0 Å². The lowest BCUT2D eigenvalue weighted by Gasteiger charge is -2.13. The summed E-state index contributed by atoms with van der Waals surface area (Å²) in [7, 11) is 0. The molecule has 0 N–H and O–H groups in total. The van der Waals surface area contributed by atoms with Gasteiger partial charge in [0.15, 0.2) is 0 Å². The Morgan fingerprint density at radius 2 is 1.79 bits per heavy atom. The summed E-state index contributed by atoms with van der Waals surface area (Å²) in [5.41, 5.74) is 0. The highest BCUT2D eigenvalue weighted by atomic mass is 16.5. The zero-order chi connectivity index (χ0) is 10.8. The van der Waals surface area contributed by atoms with E-state index >= 15 is 0 Å².